The van der Waals surface area contributed by atoms with Gasteiger partial charge in [0.25, 0.3) is 0 Å². The predicted molar refractivity (Wildman–Crippen MR) is 65.7 cm³/mol. The van der Waals surface area contributed by atoms with E-state index in [1.165, 1.54) is 6.34 Å². The molecule has 0 radical (unpaired) electrons. The molecular weight excluding hydrogens is 186 g/mol. The zero-order valence-corrected chi connectivity index (χ0v) is 9.83. The van der Waals surface area contributed by atoms with Gasteiger partial charge in [-0.05, 0) is 13.0 Å². The molecule has 1 aromatic rings. The maximum absolute atomic E-state index is 5.39. The third kappa shape index (κ3) is 2.49. The topological polar surface area (TPSA) is 54.2 Å². The molecule has 0 spiro atoms. The van der Waals surface area contributed by atoms with Crippen molar-refractivity contribution in [2.24, 2.45) is 16.1 Å². The second-order valence-electron chi connectivity index (χ2n) is 4.47. The van der Waals surface area contributed by atoms with Gasteiger partial charge in [0.2, 0.25) is 0 Å². The zero-order chi connectivity index (χ0) is 11.5. The first kappa shape index (κ1) is 11.6. The van der Waals surface area contributed by atoms with Crippen molar-refractivity contribution in [2.45, 2.75) is 27.7 Å². The average molecular weight is 205 g/mol. The molecule has 0 aliphatic rings. The number of hydrogen-bond donors (Lipinski definition) is 2. The zero-order valence-electron chi connectivity index (χ0n) is 9.83. The standard InChI is InChI=1S/C12H19N3/c1-5-10-9(6-7-14-10)11(15-8-13)12(2,3)4/h5-8,14H,1-4H3,(H2,13,15)/b10-5+,11-9-. The summed E-state index contributed by atoms with van der Waals surface area (Å²) in [4.78, 5) is 7.45. The van der Waals surface area contributed by atoms with E-state index in [4.69, 9.17) is 5.73 Å². The second kappa shape index (κ2) is 4.34. The SMILES string of the molecule is C/C=c1/[nH]cc/c1=C(/N=C\N)C(C)(C)C. The summed E-state index contributed by atoms with van der Waals surface area (Å²) in [5, 5.41) is 2.21. The quantitative estimate of drug-likeness (QED) is 0.520. The van der Waals surface area contributed by atoms with Crippen molar-refractivity contribution in [1.29, 1.82) is 0 Å². The maximum atomic E-state index is 5.39. The minimum atomic E-state index is -0.0180. The minimum absolute atomic E-state index is 0.0180. The van der Waals surface area contributed by atoms with Crippen LogP contribution in [0.25, 0.3) is 11.8 Å². The molecule has 1 heterocycles. The van der Waals surface area contributed by atoms with Crippen LogP contribution in [-0.2, 0) is 0 Å². The first-order chi connectivity index (χ1) is 7.00. The van der Waals surface area contributed by atoms with Crippen LogP contribution >= 0.6 is 0 Å². The van der Waals surface area contributed by atoms with Crippen LogP contribution < -0.4 is 16.3 Å². The van der Waals surface area contributed by atoms with Gasteiger partial charge in [0.1, 0.15) is 0 Å². The molecule has 0 aromatic carbocycles. The summed E-state index contributed by atoms with van der Waals surface area (Å²) in [5.41, 5.74) is 6.37. The van der Waals surface area contributed by atoms with Crippen molar-refractivity contribution in [3.05, 3.63) is 22.8 Å². The fraction of sp³-hybridized carbons (Fsp3) is 0.417. The van der Waals surface area contributed by atoms with Gasteiger partial charge < -0.3 is 10.7 Å². The van der Waals surface area contributed by atoms with Gasteiger partial charge >= 0.3 is 0 Å². The molecule has 15 heavy (non-hydrogen) atoms. The van der Waals surface area contributed by atoms with Crippen LogP contribution in [0.3, 0.4) is 0 Å². The van der Waals surface area contributed by atoms with Crippen LogP contribution in [0.15, 0.2) is 17.3 Å². The number of aromatic nitrogens is 1. The molecular formula is C12H19N3. The highest BCUT2D eigenvalue weighted by molar-refractivity contribution is 5.64. The van der Waals surface area contributed by atoms with Crippen molar-refractivity contribution < 1.29 is 0 Å². The number of nitrogens with two attached hydrogens (primary N) is 1. The Balaban J connectivity index is 3.63. The molecule has 1 rings (SSSR count). The molecule has 82 valence electrons. The van der Waals surface area contributed by atoms with Crippen molar-refractivity contribution in [3.63, 3.8) is 0 Å². The number of aliphatic imine (C=N–C) groups is 1. The summed E-state index contributed by atoms with van der Waals surface area (Å²) in [7, 11) is 0. The highest BCUT2D eigenvalue weighted by Crippen LogP contribution is 2.25. The molecule has 0 amide bonds. The van der Waals surface area contributed by atoms with Gasteiger partial charge in [-0.2, -0.15) is 0 Å². The average Bonchev–Trinajstić information content (AvgIpc) is 2.59. The van der Waals surface area contributed by atoms with E-state index in [0.29, 0.717) is 0 Å². The molecule has 0 atom stereocenters. The van der Waals surface area contributed by atoms with Crippen molar-refractivity contribution >= 4 is 18.1 Å². The number of aromatic amines is 1. The van der Waals surface area contributed by atoms with E-state index < -0.39 is 0 Å². The predicted octanol–water partition coefficient (Wildman–Crippen LogP) is 0.956. The molecule has 3 N–H and O–H groups in total. The first-order valence-electron chi connectivity index (χ1n) is 5.09. The number of rotatable bonds is 1. The van der Waals surface area contributed by atoms with Crippen LogP contribution in [-0.4, -0.2) is 11.3 Å². The van der Waals surface area contributed by atoms with Gasteiger partial charge in [0.05, 0.1) is 12.0 Å². The van der Waals surface area contributed by atoms with Gasteiger partial charge in [-0.15, -0.1) is 0 Å². The monoisotopic (exact) mass is 205 g/mol. The first-order valence-corrected chi connectivity index (χ1v) is 5.09. The van der Waals surface area contributed by atoms with E-state index in [1.54, 1.807) is 0 Å². The van der Waals surface area contributed by atoms with Crippen molar-refractivity contribution in [1.82, 2.24) is 4.98 Å². The fourth-order valence-electron chi connectivity index (χ4n) is 1.57. The number of nitrogens with one attached hydrogen (secondary N) is 1. The lowest BCUT2D eigenvalue weighted by Crippen LogP contribution is -2.29. The molecule has 0 aliphatic carbocycles. The van der Waals surface area contributed by atoms with Crippen molar-refractivity contribution in [2.75, 3.05) is 0 Å². The van der Waals surface area contributed by atoms with Crippen LogP contribution in [0.5, 0.6) is 0 Å². The normalized spacial score (nSPS) is 16.1. The number of H-pyrrole nitrogens is 1. The van der Waals surface area contributed by atoms with Gasteiger partial charge in [-0.1, -0.05) is 26.8 Å². The van der Waals surface area contributed by atoms with E-state index in [9.17, 15) is 0 Å². The Labute approximate surface area is 90.4 Å². The lowest BCUT2D eigenvalue weighted by Gasteiger charge is -2.18. The molecule has 1 aromatic heterocycles. The highest BCUT2D eigenvalue weighted by Gasteiger charge is 2.17. The summed E-state index contributed by atoms with van der Waals surface area (Å²) in [6.07, 6.45) is 5.31. The van der Waals surface area contributed by atoms with E-state index in [2.05, 4.69) is 30.7 Å². The van der Waals surface area contributed by atoms with E-state index in [0.717, 1.165) is 16.3 Å². The van der Waals surface area contributed by atoms with E-state index in [1.807, 2.05) is 25.3 Å². The molecule has 3 nitrogen and oxygen atoms in total. The Kier molecular flexibility index (Phi) is 3.35. The Morgan fingerprint density at radius 1 is 1.47 bits per heavy atom. The third-order valence-electron chi connectivity index (χ3n) is 2.24. The summed E-state index contributed by atoms with van der Waals surface area (Å²) in [6, 6.07) is 2.03. The second-order valence-corrected chi connectivity index (χ2v) is 4.47. The van der Waals surface area contributed by atoms with Crippen LogP contribution in [0.2, 0.25) is 0 Å². The molecule has 3 heteroatoms. The van der Waals surface area contributed by atoms with Gasteiger partial charge in [-0.25, -0.2) is 4.99 Å². The van der Waals surface area contributed by atoms with Gasteiger partial charge in [-0.3, -0.25) is 0 Å². The smallest absolute Gasteiger partial charge is 0.0856 e. The fourth-order valence-corrected chi connectivity index (χ4v) is 1.57. The Bertz CT molecular complexity index is 458. The minimum Gasteiger partial charge on any atom is -0.390 e. The Morgan fingerprint density at radius 2 is 2.13 bits per heavy atom. The Hall–Kier alpha value is -1.51. The molecule has 0 fully saturated rings. The molecule has 0 bridgehead atoms. The maximum Gasteiger partial charge on any atom is 0.0856 e. The summed E-state index contributed by atoms with van der Waals surface area (Å²) in [6.45, 7) is 8.38. The summed E-state index contributed by atoms with van der Waals surface area (Å²) < 4.78 is 0. The highest BCUT2D eigenvalue weighted by atomic mass is 14.8. The summed E-state index contributed by atoms with van der Waals surface area (Å²) >= 11 is 0. The molecule has 0 unspecified atom stereocenters. The van der Waals surface area contributed by atoms with E-state index in [-0.39, 0.29) is 5.41 Å². The molecule has 0 saturated heterocycles. The third-order valence-corrected chi connectivity index (χ3v) is 2.24. The molecule has 0 saturated carbocycles. The van der Waals surface area contributed by atoms with Crippen LogP contribution in [0.1, 0.15) is 27.7 Å². The van der Waals surface area contributed by atoms with Crippen LogP contribution in [0, 0.1) is 5.41 Å². The van der Waals surface area contributed by atoms with Crippen molar-refractivity contribution in [3.8, 4) is 0 Å². The lowest BCUT2D eigenvalue weighted by atomic mass is 9.91. The van der Waals surface area contributed by atoms with Gasteiger partial charge in [0, 0.05) is 22.2 Å². The van der Waals surface area contributed by atoms with Crippen LogP contribution in [0.4, 0.5) is 0 Å². The number of hydrogen-bond acceptors (Lipinski definition) is 1. The van der Waals surface area contributed by atoms with Gasteiger partial charge in [0.15, 0.2) is 0 Å². The summed E-state index contributed by atoms with van der Waals surface area (Å²) in [5.74, 6) is 0. The lowest BCUT2D eigenvalue weighted by molar-refractivity contribution is 0.554. The molecule has 0 aliphatic heterocycles. The Morgan fingerprint density at radius 3 is 2.60 bits per heavy atom. The number of nitrogens with zero attached hydrogens (tertiary/aromatic N) is 1. The van der Waals surface area contributed by atoms with E-state index >= 15 is 0 Å². The largest absolute Gasteiger partial charge is 0.390 e.